The van der Waals surface area contributed by atoms with Crippen LogP contribution in [-0.4, -0.2) is 6.61 Å². The van der Waals surface area contributed by atoms with Crippen LogP contribution in [0.25, 0.3) is 0 Å². The molecule has 0 amide bonds. The number of hydrogen-bond donors (Lipinski definition) is 0. The molecule has 2 heteroatoms. The van der Waals surface area contributed by atoms with E-state index in [4.69, 9.17) is 4.52 Å². The van der Waals surface area contributed by atoms with E-state index in [0.717, 1.165) is 24.4 Å². The minimum atomic E-state index is 0.931. The molecule has 1 nitrogen and oxygen atoms in total. The summed E-state index contributed by atoms with van der Waals surface area (Å²) in [6.07, 6.45) is 17.7. The first kappa shape index (κ1) is 14.8. The molecule has 2 rings (SSSR count). The van der Waals surface area contributed by atoms with Crippen LogP contribution in [0.4, 0.5) is 0 Å². The number of rotatable bonds is 6. The summed E-state index contributed by atoms with van der Waals surface area (Å²) < 4.78 is 5.18. The third kappa shape index (κ3) is 4.49. The highest BCUT2D eigenvalue weighted by atomic mass is 31.0. The van der Waals surface area contributed by atoms with Gasteiger partial charge in [0, 0.05) is 9.47 Å². The highest BCUT2D eigenvalue weighted by Gasteiger charge is 2.30. The summed E-state index contributed by atoms with van der Waals surface area (Å²) in [6.45, 7) is 0.931. The highest BCUT2D eigenvalue weighted by Crippen LogP contribution is 2.42. The lowest BCUT2D eigenvalue weighted by Crippen LogP contribution is -2.27. The summed E-state index contributed by atoms with van der Waals surface area (Å²) in [5.41, 5.74) is 0. The van der Waals surface area contributed by atoms with Crippen molar-refractivity contribution in [1.29, 1.82) is 0 Å². The fraction of sp³-hybridized carbons (Fsp3) is 1.00. The van der Waals surface area contributed by atoms with Crippen LogP contribution in [0.1, 0.15) is 77.0 Å². The minimum absolute atomic E-state index is 0.931. The van der Waals surface area contributed by atoms with Crippen molar-refractivity contribution >= 4 is 9.47 Å². The molecule has 0 radical (unpaired) electrons. The highest BCUT2D eigenvalue weighted by molar-refractivity contribution is 7.09. The smallest absolute Gasteiger partial charge is 0.0502 e. The van der Waals surface area contributed by atoms with Gasteiger partial charge in [0.2, 0.25) is 0 Å². The van der Waals surface area contributed by atoms with Gasteiger partial charge < -0.3 is 4.52 Å². The number of hydrogen-bond acceptors (Lipinski definition) is 1. The van der Waals surface area contributed by atoms with Crippen LogP contribution in [0.3, 0.4) is 0 Å². The van der Waals surface area contributed by atoms with Gasteiger partial charge in [-0.2, -0.15) is 0 Å². The Morgan fingerprint density at radius 3 is 1.78 bits per heavy atom. The van der Waals surface area contributed by atoms with Crippen molar-refractivity contribution in [3.63, 3.8) is 0 Å². The topological polar surface area (TPSA) is 9.23 Å². The maximum Gasteiger partial charge on any atom is 0.0502 e. The largest absolute Gasteiger partial charge is 0.366 e. The lowest BCUT2D eigenvalue weighted by Gasteiger charge is -2.38. The van der Waals surface area contributed by atoms with Crippen LogP contribution < -0.4 is 0 Å². The van der Waals surface area contributed by atoms with Gasteiger partial charge in [0.15, 0.2) is 0 Å². The van der Waals surface area contributed by atoms with Gasteiger partial charge in [0.25, 0.3) is 0 Å². The molecule has 0 bridgehead atoms. The van der Waals surface area contributed by atoms with Gasteiger partial charge in [-0.25, -0.2) is 0 Å². The maximum atomic E-state index is 5.18. The van der Waals surface area contributed by atoms with E-state index in [1.165, 1.54) is 77.0 Å². The van der Waals surface area contributed by atoms with Crippen molar-refractivity contribution in [2.75, 3.05) is 6.61 Å². The first-order chi connectivity index (χ1) is 8.92. The Labute approximate surface area is 116 Å². The third-order valence-electron chi connectivity index (χ3n) is 5.31. The summed E-state index contributed by atoms with van der Waals surface area (Å²) in [6, 6.07) is 0. The van der Waals surface area contributed by atoms with Gasteiger partial charge >= 0.3 is 0 Å². The van der Waals surface area contributed by atoms with Gasteiger partial charge in [-0.15, -0.1) is 0 Å². The van der Waals surface area contributed by atoms with Crippen molar-refractivity contribution < 1.29 is 4.52 Å². The molecular weight excluding hydrogens is 239 g/mol. The molecule has 106 valence electrons. The summed E-state index contributed by atoms with van der Waals surface area (Å²) in [5.74, 6) is 3.11. The molecule has 0 aromatic rings. The van der Waals surface area contributed by atoms with E-state index in [1.807, 2.05) is 0 Å². The second-order valence-corrected chi connectivity index (χ2v) is 6.81. The lowest BCUT2D eigenvalue weighted by molar-refractivity contribution is 0.128. The average molecular weight is 270 g/mol. The molecule has 2 fully saturated rings. The van der Waals surface area contributed by atoms with E-state index < -0.39 is 0 Å². The molecule has 18 heavy (non-hydrogen) atoms. The Hall–Kier alpha value is 0.390. The minimum Gasteiger partial charge on any atom is -0.366 e. The average Bonchev–Trinajstić information content (AvgIpc) is 2.46. The van der Waals surface area contributed by atoms with Crippen molar-refractivity contribution in [3.05, 3.63) is 0 Å². The fourth-order valence-corrected chi connectivity index (χ4v) is 4.55. The SMILES string of the molecule is POCCCC(C1CCCCC1)C1CCCCC1. The fourth-order valence-electron chi connectivity index (χ4n) is 4.38. The van der Waals surface area contributed by atoms with Gasteiger partial charge in [-0.1, -0.05) is 64.2 Å². The summed E-state index contributed by atoms with van der Waals surface area (Å²) in [7, 11) is 2.40. The summed E-state index contributed by atoms with van der Waals surface area (Å²) in [5, 5.41) is 0. The Morgan fingerprint density at radius 1 is 0.833 bits per heavy atom. The van der Waals surface area contributed by atoms with Crippen molar-refractivity contribution in [2.24, 2.45) is 17.8 Å². The second kappa shape index (κ2) is 8.54. The van der Waals surface area contributed by atoms with Crippen LogP contribution in [0.15, 0.2) is 0 Å². The summed E-state index contributed by atoms with van der Waals surface area (Å²) in [4.78, 5) is 0. The Kier molecular flexibility index (Phi) is 7.02. The third-order valence-corrected chi connectivity index (χ3v) is 5.55. The van der Waals surface area contributed by atoms with E-state index in [0.29, 0.717) is 0 Å². The Balaban J connectivity index is 1.87. The van der Waals surface area contributed by atoms with Crippen LogP contribution in [0.5, 0.6) is 0 Å². The normalized spacial score (nSPS) is 23.7. The van der Waals surface area contributed by atoms with Crippen molar-refractivity contribution in [3.8, 4) is 0 Å². The molecule has 2 saturated carbocycles. The van der Waals surface area contributed by atoms with Gasteiger partial charge in [-0.3, -0.25) is 0 Å². The zero-order valence-electron chi connectivity index (χ0n) is 11.9. The maximum absolute atomic E-state index is 5.18. The monoisotopic (exact) mass is 270 g/mol. The Bertz CT molecular complexity index is 189. The quantitative estimate of drug-likeness (QED) is 0.467. The van der Waals surface area contributed by atoms with Gasteiger partial charge in [0.05, 0.1) is 6.61 Å². The van der Waals surface area contributed by atoms with E-state index in [2.05, 4.69) is 9.47 Å². The lowest BCUT2D eigenvalue weighted by atomic mass is 9.68. The molecule has 1 atom stereocenters. The van der Waals surface area contributed by atoms with E-state index in [-0.39, 0.29) is 0 Å². The molecule has 0 aliphatic heterocycles. The van der Waals surface area contributed by atoms with Crippen molar-refractivity contribution in [2.45, 2.75) is 77.0 Å². The van der Waals surface area contributed by atoms with Crippen LogP contribution in [0.2, 0.25) is 0 Å². The molecular formula is C16H31OP. The summed E-state index contributed by atoms with van der Waals surface area (Å²) >= 11 is 0. The van der Waals surface area contributed by atoms with Gasteiger partial charge in [-0.05, 0) is 30.6 Å². The van der Waals surface area contributed by atoms with E-state index in [9.17, 15) is 0 Å². The molecule has 0 aromatic carbocycles. The second-order valence-electron chi connectivity index (χ2n) is 6.47. The molecule has 2 aliphatic carbocycles. The molecule has 0 N–H and O–H groups in total. The molecule has 0 spiro atoms. The zero-order chi connectivity index (χ0) is 12.6. The zero-order valence-corrected chi connectivity index (χ0v) is 13.1. The van der Waals surface area contributed by atoms with Crippen LogP contribution >= 0.6 is 9.47 Å². The molecule has 2 aliphatic rings. The van der Waals surface area contributed by atoms with Crippen LogP contribution in [0, 0.1) is 17.8 Å². The molecule has 1 unspecified atom stereocenters. The van der Waals surface area contributed by atoms with Gasteiger partial charge in [0.1, 0.15) is 0 Å². The molecule has 0 heterocycles. The first-order valence-electron chi connectivity index (χ1n) is 8.23. The Morgan fingerprint density at radius 2 is 1.33 bits per heavy atom. The molecule has 0 saturated heterocycles. The molecule has 0 aromatic heterocycles. The van der Waals surface area contributed by atoms with Crippen molar-refractivity contribution in [1.82, 2.24) is 0 Å². The standard InChI is InChI=1S/C16H31OP/c18-17-13-7-12-16(14-8-3-1-4-9-14)15-10-5-2-6-11-15/h14-16H,1-13,18H2. The van der Waals surface area contributed by atoms with Crippen LogP contribution in [-0.2, 0) is 4.52 Å². The van der Waals surface area contributed by atoms with E-state index in [1.54, 1.807) is 0 Å². The first-order valence-corrected chi connectivity index (χ1v) is 8.70. The van der Waals surface area contributed by atoms with E-state index >= 15 is 0 Å². The predicted molar refractivity (Wildman–Crippen MR) is 81.5 cm³/mol. The predicted octanol–water partition coefficient (Wildman–Crippen LogP) is 5.35.